The molecule has 22 heavy (non-hydrogen) atoms. The minimum atomic E-state index is -0.211. The highest BCUT2D eigenvalue weighted by molar-refractivity contribution is 8.00. The molecule has 2 aromatic rings. The number of benzene rings is 1. The van der Waals surface area contributed by atoms with Crippen LogP contribution < -0.4 is 5.32 Å². The Labute approximate surface area is 148 Å². The van der Waals surface area contributed by atoms with Gasteiger partial charge in [-0.25, -0.2) is 4.98 Å². The first-order valence-electron chi connectivity index (χ1n) is 6.45. The van der Waals surface area contributed by atoms with Crippen molar-refractivity contribution < 1.29 is 4.79 Å². The van der Waals surface area contributed by atoms with Gasteiger partial charge in [0.05, 0.1) is 16.8 Å². The molecule has 1 unspecified atom stereocenters. The van der Waals surface area contributed by atoms with E-state index in [4.69, 9.17) is 34.8 Å². The molecular weight excluding hydrogens is 363 g/mol. The van der Waals surface area contributed by atoms with Gasteiger partial charge in [0.15, 0.2) is 0 Å². The number of hydrogen-bond donors (Lipinski definition) is 1. The maximum Gasteiger partial charge on any atom is 0.230 e. The van der Waals surface area contributed by atoms with Gasteiger partial charge < -0.3 is 5.32 Å². The molecular formula is C15H13Cl3N2OS. The molecule has 1 atom stereocenters. The second-order valence-electron chi connectivity index (χ2n) is 4.53. The van der Waals surface area contributed by atoms with Gasteiger partial charge in [0.25, 0.3) is 0 Å². The van der Waals surface area contributed by atoms with Gasteiger partial charge in [-0.1, -0.05) is 52.6 Å². The SMILES string of the molecule is CC(NC(=O)CSc1ncccc1Cl)c1ccc(Cl)cc1Cl. The molecule has 3 nitrogen and oxygen atoms in total. The third kappa shape index (κ3) is 4.78. The molecule has 0 saturated carbocycles. The van der Waals surface area contributed by atoms with Gasteiger partial charge in [-0.3, -0.25) is 4.79 Å². The molecule has 0 bridgehead atoms. The molecule has 0 aliphatic carbocycles. The van der Waals surface area contributed by atoms with Crippen molar-refractivity contribution in [2.75, 3.05) is 5.75 Å². The summed E-state index contributed by atoms with van der Waals surface area (Å²) in [4.78, 5) is 16.1. The Morgan fingerprint density at radius 3 is 2.73 bits per heavy atom. The Kier molecular flexibility index (Phi) is 6.38. The van der Waals surface area contributed by atoms with Gasteiger partial charge >= 0.3 is 0 Å². The van der Waals surface area contributed by atoms with Crippen LogP contribution in [0.1, 0.15) is 18.5 Å². The van der Waals surface area contributed by atoms with Crippen molar-refractivity contribution in [2.45, 2.75) is 18.0 Å². The number of nitrogens with zero attached hydrogens (tertiary/aromatic N) is 1. The number of carbonyl (C=O) groups excluding carboxylic acids is 1. The van der Waals surface area contributed by atoms with E-state index in [2.05, 4.69) is 10.3 Å². The Morgan fingerprint density at radius 1 is 1.27 bits per heavy atom. The normalized spacial score (nSPS) is 12.0. The first kappa shape index (κ1) is 17.4. The van der Waals surface area contributed by atoms with Crippen molar-refractivity contribution in [3.63, 3.8) is 0 Å². The van der Waals surface area contributed by atoms with Gasteiger partial charge in [-0.2, -0.15) is 0 Å². The fourth-order valence-electron chi connectivity index (χ4n) is 1.82. The predicted molar refractivity (Wildman–Crippen MR) is 93.0 cm³/mol. The van der Waals surface area contributed by atoms with E-state index in [-0.39, 0.29) is 17.7 Å². The molecule has 1 heterocycles. The standard InChI is InChI=1S/C15H13Cl3N2OS/c1-9(11-5-4-10(16)7-13(11)18)20-14(21)8-22-15-12(17)3-2-6-19-15/h2-7,9H,8H2,1H3,(H,20,21). The van der Waals surface area contributed by atoms with E-state index >= 15 is 0 Å². The van der Waals surface area contributed by atoms with Gasteiger partial charge in [-0.05, 0) is 36.8 Å². The molecule has 0 saturated heterocycles. The number of pyridine rings is 1. The molecule has 0 radical (unpaired) electrons. The van der Waals surface area contributed by atoms with Crippen LogP contribution in [0.2, 0.25) is 15.1 Å². The maximum atomic E-state index is 12.0. The van der Waals surface area contributed by atoms with Crippen LogP contribution in [0.15, 0.2) is 41.6 Å². The number of rotatable bonds is 5. The zero-order valence-corrected chi connectivity index (χ0v) is 14.7. The summed E-state index contributed by atoms with van der Waals surface area (Å²) >= 11 is 19.3. The smallest absolute Gasteiger partial charge is 0.230 e. The number of thioether (sulfide) groups is 1. The summed E-state index contributed by atoms with van der Waals surface area (Å²) in [7, 11) is 0. The number of hydrogen-bond acceptors (Lipinski definition) is 3. The first-order chi connectivity index (χ1) is 10.5. The lowest BCUT2D eigenvalue weighted by atomic mass is 10.1. The highest BCUT2D eigenvalue weighted by Gasteiger charge is 2.14. The molecule has 1 amide bonds. The highest BCUT2D eigenvalue weighted by Crippen LogP contribution is 2.27. The van der Waals surface area contributed by atoms with E-state index < -0.39 is 0 Å². The lowest BCUT2D eigenvalue weighted by Gasteiger charge is -2.16. The van der Waals surface area contributed by atoms with Gasteiger partial charge in [0.2, 0.25) is 5.91 Å². The maximum absolute atomic E-state index is 12.0. The van der Waals surface area contributed by atoms with E-state index in [0.717, 1.165) is 5.56 Å². The number of aromatic nitrogens is 1. The first-order valence-corrected chi connectivity index (χ1v) is 8.57. The lowest BCUT2D eigenvalue weighted by Crippen LogP contribution is -2.28. The van der Waals surface area contributed by atoms with Crippen molar-refractivity contribution in [2.24, 2.45) is 0 Å². The van der Waals surface area contributed by atoms with Crippen molar-refractivity contribution in [1.29, 1.82) is 0 Å². The zero-order chi connectivity index (χ0) is 16.1. The second-order valence-corrected chi connectivity index (χ2v) is 6.75. The number of carbonyl (C=O) groups is 1. The molecule has 0 aliphatic heterocycles. The van der Waals surface area contributed by atoms with E-state index in [1.807, 2.05) is 6.92 Å². The van der Waals surface area contributed by atoms with E-state index in [1.165, 1.54) is 11.8 Å². The Balaban J connectivity index is 1.93. The van der Waals surface area contributed by atoms with Crippen LogP contribution in [0.3, 0.4) is 0 Å². The van der Waals surface area contributed by atoms with Crippen molar-refractivity contribution in [3.05, 3.63) is 57.2 Å². The molecule has 0 spiro atoms. The van der Waals surface area contributed by atoms with Gasteiger partial charge in [0.1, 0.15) is 5.03 Å². The summed E-state index contributed by atoms with van der Waals surface area (Å²) < 4.78 is 0. The third-order valence-corrected chi connectivity index (χ3v) is 4.86. The summed E-state index contributed by atoms with van der Waals surface area (Å²) in [6.07, 6.45) is 1.64. The Morgan fingerprint density at radius 2 is 2.05 bits per heavy atom. The molecule has 1 aromatic carbocycles. The second kappa shape index (κ2) is 8.06. The molecule has 0 fully saturated rings. The van der Waals surface area contributed by atoms with Crippen LogP contribution in [0.4, 0.5) is 0 Å². The van der Waals surface area contributed by atoms with E-state index in [0.29, 0.717) is 20.1 Å². The number of nitrogens with one attached hydrogen (secondary N) is 1. The largest absolute Gasteiger partial charge is 0.349 e. The van der Waals surface area contributed by atoms with Crippen LogP contribution in [0, 0.1) is 0 Å². The quantitative estimate of drug-likeness (QED) is 0.747. The lowest BCUT2D eigenvalue weighted by molar-refractivity contribution is -0.119. The number of amides is 1. The monoisotopic (exact) mass is 374 g/mol. The molecule has 2 rings (SSSR count). The van der Waals surface area contributed by atoms with Crippen molar-refractivity contribution >= 4 is 52.5 Å². The Bertz CT molecular complexity index is 682. The molecule has 1 aromatic heterocycles. The summed E-state index contributed by atoms with van der Waals surface area (Å²) in [5, 5.41) is 5.15. The third-order valence-electron chi connectivity index (χ3n) is 2.87. The topological polar surface area (TPSA) is 42.0 Å². The van der Waals surface area contributed by atoms with Crippen LogP contribution >= 0.6 is 46.6 Å². The predicted octanol–water partition coefficient (Wildman–Crippen LogP) is 5.01. The average Bonchev–Trinajstić information content (AvgIpc) is 2.46. The van der Waals surface area contributed by atoms with Crippen molar-refractivity contribution in [1.82, 2.24) is 10.3 Å². The van der Waals surface area contributed by atoms with Gasteiger partial charge in [0, 0.05) is 16.2 Å². The van der Waals surface area contributed by atoms with E-state index in [1.54, 1.807) is 36.5 Å². The summed E-state index contributed by atoms with van der Waals surface area (Å²) in [6, 6.07) is 8.48. The van der Waals surface area contributed by atoms with Crippen LogP contribution in [-0.2, 0) is 4.79 Å². The summed E-state index contributed by atoms with van der Waals surface area (Å²) in [6.45, 7) is 1.87. The highest BCUT2D eigenvalue weighted by atomic mass is 35.5. The Hall–Kier alpha value is -0.940. The van der Waals surface area contributed by atoms with Gasteiger partial charge in [-0.15, -0.1) is 0 Å². The molecule has 0 aliphatic rings. The average molecular weight is 376 g/mol. The van der Waals surface area contributed by atoms with E-state index in [9.17, 15) is 4.79 Å². The van der Waals surface area contributed by atoms with Crippen molar-refractivity contribution in [3.8, 4) is 0 Å². The summed E-state index contributed by atoms with van der Waals surface area (Å²) in [5.74, 6) is 0.108. The molecule has 1 N–H and O–H groups in total. The van der Waals surface area contributed by atoms with Crippen LogP contribution in [0.25, 0.3) is 0 Å². The fraction of sp³-hybridized carbons (Fsp3) is 0.200. The molecule has 116 valence electrons. The summed E-state index contributed by atoms with van der Waals surface area (Å²) in [5.41, 5.74) is 0.820. The van der Waals surface area contributed by atoms with Crippen LogP contribution in [0.5, 0.6) is 0 Å². The minimum absolute atomic E-state index is 0.120. The number of halogens is 3. The fourth-order valence-corrected chi connectivity index (χ4v) is 3.37. The zero-order valence-electron chi connectivity index (χ0n) is 11.6. The minimum Gasteiger partial charge on any atom is -0.349 e. The van der Waals surface area contributed by atoms with Crippen LogP contribution in [-0.4, -0.2) is 16.6 Å². The molecule has 7 heteroatoms.